The number of amides is 1. The summed E-state index contributed by atoms with van der Waals surface area (Å²) >= 11 is 0. The molecule has 2 aromatic heterocycles. The molecule has 1 saturated heterocycles. The predicted molar refractivity (Wildman–Crippen MR) is 122 cm³/mol. The smallest absolute Gasteiger partial charge is 0.274 e. The fourth-order valence-electron chi connectivity index (χ4n) is 3.75. The number of hydrogen-bond donors (Lipinski definition) is 2. The van der Waals surface area contributed by atoms with Crippen molar-refractivity contribution in [1.29, 1.82) is 0 Å². The van der Waals surface area contributed by atoms with Gasteiger partial charge in [-0.3, -0.25) is 9.78 Å². The third-order valence-electron chi connectivity index (χ3n) is 5.34. The van der Waals surface area contributed by atoms with Crippen molar-refractivity contribution >= 4 is 28.2 Å². The predicted octanol–water partition coefficient (Wildman–Crippen LogP) is 3.35. The zero-order valence-electron chi connectivity index (χ0n) is 17.0. The van der Waals surface area contributed by atoms with E-state index >= 15 is 0 Å². The Labute approximate surface area is 180 Å². The van der Waals surface area contributed by atoms with Crippen molar-refractivity contribution in [1.82, 2.24) is 20.3 Å². The number of piperazine rings is 1. The van der Waals surface area contributed by atoms with Crippen LogP contribution in [-0.4, -0.2) is 47.0 Å². The quantitative estimate of drug-likeness (QED) is 0.537. The van der Waals surface area contributed by atoms with Crippen LogP contribution in [0, 0.1) is 0 Å². The van der Waals surface area contributed by atoms with Gasteiger partial charge in [0.1, 0.15) is 11.5 Å². The standard InChI is InChI=1S/C24H22N6O/c31-24(28-20-9-3-6-17-5-1-2-8-19(17)20)21-15-22(30-13-11-25-12-14-30)29-23(27-21)18-7-4-10-26-16-18/h1-10,15-16,25H,11-14H2,(H,28,31). The average molecular weight is 410 g/mol. The van der Waals surface area contributed by atoms with Crippen molar-refractivity contribution in [3.8, 4) is 11.4 Å². The number of nitrogens with zero attached hydrogens (tertiary/aromatic N) is 4. The molecule has 0 unspecified atom stereocenters. The third-order valence-corrected chi connectivity index (χ3v) is 5.34. The van der Waals surface area contributed by atoms with E-state index in [4.69, 9.17) is 4.98 Å². The SMILES string of the molecule is O=C(Nc1cccc2ccccc12)c1cc(N2CCNCC2)nc(-c2cccnc2)n1. The number of anilines is 2. The molecule has 1 aliphatic rings. The monoisotopic (exact) mass is 410 g/mol. The largest absolute Gasteiger partial charge is 0.354 e. The highest BCUT2D eigenvalue weighted by Gasteiger charge is 2.19. The lowest BCUT2D eigenvalue weighted by Crippen LogP contribution is -2.44. The Morgan fingerprint density at radius 3 is 2.65 bits per heavy atom. The summed E-state index contributed by atoms with van der Waals surface area (Å²) in [6.07, 6.45) is 3.42. The fourth-order valence-corrected chi connectivity index (χ4v) is 3.75. The lowest BCUT2D eigenvalue weighted by atomic mass is 10.1. The first-order chi connectivity index (χ1) is 15.3. The Morgan fingerprint density at radius 1 is 0.968 bits per heavy atom. The Kier molecular flexibility index (Phi) is 5.24. The van der Waals surface area contributed by atoms with Crippen molar-refractivity contribution in [3.05, 3.63) is 78.8 Å². The molecule has 7 nitrogen and oxygen atoms in total. The highest BCUT2D eigenvalue weighted by Crippen LogP contribution is 2.25. The molecule has 1 aliphatic heterocycles. The summed E-state index contributed by atoms with van der Waals surface area (Å²) in [5, 5.41) is 8.44. The van der Waals surface area contributed by atoms with Crippen LogP contribution in [-0.2, 0) is 0 Å². The van der Waals surface area contributed by atoms with E-state index in [2.05, 4.69) is 25.5 Å². The lowest BCUT2D eigenvalue weighted by molar-refractivity contribution is 0.102. The van der Waals surface area contributed by atoms with E-state index in [1.807, 2.05) is 54.6 Å². The maximum absolute atomic E-state index is 13.2. The number of aromatic nitrogens is 3. The van der Waals surface area contributed by atoms with Crippen LogP contribution in [0.5, 0.6) is 0 Å². The van der Waals surface area contributed by atoms with Crippen LogP contribution in [0.25, 0.3) is 22.2 Å². The van der Waals surface area contributed by atoms with Gasteiger partial charge in [0.2, 0.25) is 0 Å². The lowest BCUT2D eigenvalue weighted by Gasteiger charge is -2.28. The second kappa shape index (κ2) is 8.49. The zero-order chi connectivity index (χ0) is 21.0. The summed E-state index contributed by atoms with van der Waals surface area (Å²) in [6, 6.07) is 19.3. The van der Waals surface area contributed by atoms with E-state index in [1.54, 1.807) is 18.5 Å². The zero-order valence-corrected chi connectivity index (χ0v) is 17.0. The topological polar surface area (TPSA) is 83.0 Å². The fraction of sp³-hybridized carbons (Fsp3) is 0.167. The van der Waals surface area contributed by atoms with Gasteiger partial charge in [-0.05, 0) is 23.6 Å². The summed E-state index contributed by atoms with van der Waals surface area (Å²) in [5.74, 6) is 0.978. The summed E-state index contributed by atoms with van der Waals surface area (Å²) in [4.78, 5) is 28.9. The van der Waals surface area contributed by atoms with Crippen LogP contribution < -0.4 is 15.5 Å². The van der Waals surface area contributed by atoms with Gasteiger partial charge in [0, 0.05) is 61.3 Å². The first-order valence-corrected chi connectivity index (χ1v) is 10.3. The molecule has 4 aromatic rings. The molecular weight excluding hydrogens is 388 g/mol. The van der Waals surface area contributed by atoms with E-state index in [0.717, 1.165) is 54.0 Å². The van der Waals surface area contributed by atoms with Crippen molar-refractivity contribution in [2.45, 2.75) is 0 Å². The molecule has 0 atom stereocenters. The van der Waals surface area contributed by atoms with Gasteiger partial charge in [0.15, 0.2) is 5.82 Å². The maximum atomic E-state index is 13.2. The molecule has 1 amide bonds. The number of carbonyl (C=O) groups excluding carboxylic acids is 1. The molecule has 0 saturated carbocycles. The van der Waals surface area contributed by atoms with Crippen molar-refractivity contribution in [2.24, 2.45) is 0 Å². The Bertz CT molecular complexity index is 1220. The molecule has 0 spiro atoms. The Morgan fingerprint density at radius 2 is 1.81 bits per heavy atom. The van der Waals surface area contributed by atoms with Crippen LogP contribution in [0.2, 0.25) is 0 Å². The highest BCUT2D eigenvalue weighted by atomic mass is 16.1. The normalized spacial score (nSPS) is 13.9. The first kappa shape index (κ1) is 19.1. The average Bonchev–Trinajstić information content (AvgIpc) is 2.85. The summed E-state index contributed by atoms with van der Waals surface area (Å²) < 4.78 is 0. The highest BCUT2D eigenvalue weighted by molar-refractivity contribution is 6.08. The van der Waals surface area contributed by atoms with Gasteiger partial charge in [-0.2, -0.15) is 0 Å². The van der Waals surface area contributed by atoms with E-state index in [0.29, 0.717) is 11.5 Å². The van der Waals surface area contributed by atoms with Gasteiger partial charge in [0.25, 0.3) is 5.91 Å². The van der Waals surface area contributed by atoms with Crippen molar-refractivity contribution < 1.29 is 4.79 Å². The maximum Gasteiger partial charge on any atom is 0.274 e. The van der Waals surface area contributed by atoms with Gasteiger partial charge in [0.05, 0.1) is 0 Å². The Balaban J connectivity index is 1.53. The molecule has 5 rings (SSSR count). The second-order valence-electron chi connectivity index (χ2n) is 7.39. The minimum Gasteiger partial charge on any atom is -0.354 e. The van der Waals surface area contributed by atoms with Gasteiger partial charge >= 0.3 is 0 Å². The number of hydrogen-bond acceptors (Lipinski definition) is 6. The van der Waals surface area contributed by atoms with E-state index in [1.165, 1.54) is 0 Å². The molecule has 31 heavy (non-hydrogen) atoms. The van der Waals surface area contributed by atoms with Crippen LogP contribution in [0.3, 0.4) is 0 Å². The molecular formula is C24H22N6O. The summed E-state index contributed by atoms with van der Waals surface area (Å²) in [7, 11) is 0. The third kappa shape index (κ3) is 4.08. The first-order valence-electron chi connectivity index (χ1n) is 10.3. The molecule has 0 radical (unpaired) electrons. The second-order valence-corrected chi connectivity index (χ2v) is 7.39. The van der Waals surface area contributed by atoms with Crippen molar-refractivity contribution in [2.75, 3.05) is 36.4 Å². The van der Waals surface area contributed by atoms with Crippen molar-refractivity contribution in [3.63, 3.8) is 0 Å². The Hall–Kier alpha value is -3.84. The van der Waals surface area contributed by atoms with E-state index in [9.17, 15) is 4.79 Å². The van der Waals surface area contributed by atoms with Gasteiger partial charge in [-0.15, -0.1) is 0 Å². The van der Waals surface area contributed by atoms with E-state index in [-0.39, 0.29) is 5.91 Å². The molecule has 2 N–H and O–H groups in total. The molecule has 7 heteroatoms. The number of benzene rings is 2. The molecule has 3 heterocycles. The van der Waals surface area contributed by atoms with Crippen LogP contribution in [0.15, 0.2) is 73.1 Å². The van der Waals surface area contributed by atoms with E-state index < -0.39 is 0 Å². The number of rotatable bonds is 4. The van der Waals surface area contributed by atoms with Crippen LogP contribution >= 0.6 is 0 Å². The van der Waals surface area contributed by atoms with Gasteiger partial charge in [-0.25, -0.2) is 9.97 Å². The number of nitrogens with one attached hydrogen (secondary N) is 2. The minimum absolute atomic E-state index is 0.264. The molecule has 0 aliphatic carbocycles. The molecule has 1 fully saturated rings. The molecule has 2 aromatic carbocycles. The summed E-state index contributed by atoms with van der Waals surface area (Å²) in [5.41, 5.74) is 1.86. The minimum atomic E-state index is -0.264. The summed E-state index contributed by atoms with van der Waals surface area (Å²) in [6.45, 7) is 3.41. The van der Waals surface area contributed by atoms with Crippen LogP contribution in [0.4, 0.5) is 11.5 Å². The molecule has 154 valence electrons. The number of carbonyl (C=O) groups is 1. The number of fused-ring (bicyclic) bond motifs is 1. The van der Waals surface area contributed by atoms with Gasteiger partial charge in [-0.1, -0.05) is 36.4 Å². The van der Waals surface area contributed by atoms with Crippen LogP contribution in [0.1, 0.15) is 10.5 Å². The number of pyridine rings is 1. The molecule has 0 bridgehead atoms. The van der Waals surface area contributed by atoms with Gasteiger partial charge < -0.3 is 15.5 Å².